The van der Waals surface area contributed by atoms with Gasteiger partial charge in [0, 0.05) is 6.04 Å². The van der Waals surface area contributed by atoms with Gasteiger partial charge in [-0.15, -0.1) is 0 Å². The summed E-state index contributed by atoms with van der Waals surface area (Å²) in [5.74, 6) is 1.83. The molecule has 2 aromatic heterocycles. The van der Waals surface area contributed by atoms with Crippen molar-refractivity contribution in [2.45, 2.75) is 51.2 Å². The number of hydrogen-bond acceptors (Lipinski definition) is 7. The minimum Gasteiger partial charge on any atom is -0.445 e. The van der Waals surface area contributed by atoms with E-state index in [1.165, 1.54) is 0 Å². The van der Waals surface area contributed by atoms with E-state index in [4.69, 9.17) is 8.94 Å². The number of amides is 1. The maximum atomic E-state index is 12.0. The Labute approximate surface area is 133 Å². The molecule has 122 valence electrons. The van der Waals surface area contributed by atoms with E-state index in [9.17, 15) is 4.79 Å². The lowest BCUT2D eigenvalue weighted by molar-refractivity contribution is 0.0937. The van der Waals surface area contributed by atoms with Crippen LogP contribution in [0.5, 0.6) is 0 Å². The first-order chi connectivity index (χ1) is 11.2. The lowest BCUT2D eigenvalue weighted by atomic mass is 10.2. The van der Waals surface area contributed by atoms with Crippen molar-refractivity contribution in [2.24, 2.45) is 0 Å². The maximum absolute atomic E-state index is 12.0. The number of hydrogen-bond donors (Lipinski definition) is 1. The Hall–Kier alpha value is -2.22. The first-order valence-corrected chi connectivity index (χ1v) is 7.99. The van der Waals surface area contributed by atoms with Crippen molar-refractivity contribution in [3.05, 3.63) is 29.6 Å². The number of aromatic nitrogens is 3. The van der Waals surface area contributed by atoms with Crippen LogP contribution in [0.4, 0.5) is 0 Å². The number of carbonyl (C=O) groups excluding carboxylic acids is 1. The van der Waals surface area contributed by atoms with Gasteiger partial charge in [0.2, 0.25) is 11.8 Å². The summed E-state index contributed by atoms with van der Waals surface area (Å²) in [5.41, 5.74) is 0. The van der Waals surface area contributed by atoms with Crippen LogP contribution in [0.2, 0.25) is 0 Å². The van der Waals surface area contributed by atoms with Gasteiger partial charge in [0.25, 0.3) is 11.7 Å². The molecule has 1 aliphatic heterocycles. The molecule has 2 aliphatic rings. The zero-order chi connectivity index (χ0) is 15.8. The highest BCUT2D eigenvalue weighted by atomic mass is 16.5. The average Bonchev–Trinajstić information content (AvgIpc) is 2.96. The Bertz CT molecular complexity index is 706. The molecule has 1 N–H and O–H groups in total. The molecule has 8 nitrogen and oxygen atoms in total. The van der Waals surface area contributed by atoms with Crippen LogP contribution in [-0.2, 0) is 6.54 Å². The minimum atomic E-state index is -0.254. The molecular formula is C15H19N5O3. The molecule has 0 aromatic carbocycles. The van der Waals surface area contributed by atoms with Gasteiger partial charge in [0.05, 0.1) is 18.8 Å². The minimum absolute atomic E-state index is 0.0113. The van der Waals surface area contributed by atoms with Crippen molar-refractivity contribution >= 4 is 5.91 Å². The Kier molecular flexibility index (Phi) is 3.60. The van der Waals surface area contributed by atoms with Crippen LogP contribution in [0.15, 0.2) is 15.1 Å². The highest BCUT2D eigenvalue weighted by Gasteiger charge is 2.33. The summed E-state index contributed by atoms with van der Waals surface area (Å²) in [6, 6.07) is 0.290. The van der Waals surface area contributed by atoms with Crippen LogP contribution in [0, 0.1) is 6.92 Å². The third kappa shape index (κ3) is 3.12. The van der Waals surface area contributed by atoms with Crippen LogP contribution in [-0.4, -0.2) is 38.5 Å². The van der Waals surface area contributed by atoms with E-state index in [0.29, 0.717) is 18.3 Å². The highest BCUT2D eigenvalue weighted by molar-refractivity contribution is 5.90. The summed E-state index contributed by atoms with van der Waals surface area (Å²) in [6.07, 6.45) is 5.74. The number of likely N-dealkylation sites (tertiary alicyclic amines) is 1. The standard InChI is InChI=1S/C15H19N5O3/c1-9-7-16-12(22-9)8-20-6-2-3-11(20)15-18-13(19-23-15)14(21)17-10-4-5-10/h7,10-11H,2-6,8H2,1H3,(H,17,21)/t11-/m0/s1. The van der Waals surface area contributed by atoms with Gasteiger partial charge in [-0.1, -0.05) is 5.16 Å². The largest absolute Gasteiger partial charge is 0.445 e. The normalized spacial score (nSPS) is 21.7. The second-order valence-electron chi connectivity index (χ2n) is 6.20. The molecule has 23 heavy (non-hydrogen) atoms. The molecule has 0 spiro atoms. The zero-order valence-electron chi connectivity index (χ0n) is 13.0. The fourth-order valence-electron chi connectivity index (χ4n) is 2.88. The van der Waals surface area contributed by atoms with Gasteiger partial charge < -0.3 is 14.3 Å². The van der Waals surface area contributed by atoms with Gasteiger partial charge >= 0.3 is 0 Å². The van der Waals surface area contributed by atoms with Crippen LogP contribution >= 0.6 is 0 Å². The Morgan fingerprint density at radius 1 is 1.43 bits per heavy atom. The predicted molar refractivity (Wildman–Crippen MR) is 78.4 cm³/mol. The third-order valence-electron chi connectivity index (χ3n) is 4.21. The van der Waals surface area contributed by atoms with E-state index in [-0.39, 0.29) is 23.8 Å². The first kappa shape index (κ1) is 14.4. The SMILES string of the molecule is Cc1cnc(CN2CCC[C@H]2c2nc(C(=O)NC3CC3)no2)o1. The van der Waals surface area contributed by atoms with Gasteiger partial charge in [-0.3, -0.25) is 9.69 Å². The molecule has 4 rings (SSSR count). The van der Waals surface area contributed by atoms with Crippen molar-refractivity contribution in [3.8, 4) is 0 Å². The predicted octanol–water partition coefficient (Wildman–Crippen LogP) is 1.60. The first-order valence-electron chi connectivity index (χ1n) is 7.99. The second-order valence-corrected chi connectivity index (χ2v) is 6.20. The van der Waals surface area contributed by atoms with Crippen molar-refractivity contribution < 1.29 is 13.7 Å². The number of nitrogens with zero attached hydrogens (tertiary/aromatic N) is 4. The van der Waals surface area contributed by atoms with E-state index in [0.717, 1.165) is 38.0 Å². The zero-order valence-corrected chi connectivity index (χ0v) is 13.0. The molecule has 1 amide bonds. The lowest BCUT2D eigenvalue weighted by Crippen LogP contribution is -2.27. The fraction of sp³-hybridized carbons (Fsp3) is 0.600. The maximum Gasteiger partial charge on any atom is 0.292 e. The summed E-state index contributed by atoms with van der Waals surface area (Å²) in [7, 11) is 0. The monoisotopic (exact) mass is 317 g/mol. The summed E-state index contributed by atoms with van der Waals surface area (Å²) < 4.78 is 10.9. The summed E-state index contributed by atoms with van der Waals surface area (Å²) in [4.78, 5) is 22.7. The van der Waals surface area contributed by atoms with Gasteiger partial charge in [-0.2, -0.15) is 4.98 Å². The van der Waals surface area contributed by atoms with Crippen LogP contribution in [0.25, 0.3) is 0 Å². The molecule has 1 saturated heterocycles. The van der Waals surface area contributed by atoms with Crippen molar-refractivity contribution in [2.75, 3.05) is 6.54 Å². The molecule has 3 heterocycles. The lowest BCUT2D eigenvalue weighted by Gasteiger charge is -2.19. The number of carbonyl (C=O) groups is 1. The quantitative estimate of drug-likeness (QED) is 0.894. The van der Waals surface area contributed by atoms with Crippen LogP contribution in [0.3, 0.4) is 0 Å². The summed E-state index contributed by atoms with van der Waals surface area (Å²) >= 11 is 0. The Morgan fingerprint density at radius 2 is 2.30 bits per heavy atom. The third-order valence-corrected chi connectivity index (χ3v) is 4.21. The number of aryl methyl sites for hydroxylation is 1. The number of nitrogens with one attached hydrogen (secondary N) is 1. The molecule has 2 aromatic rings. The van der Waals surface area contributed by atoms with E-state index in [2.05, 4.69) is 25.3 Å². The van der Waals surface area contributed by atoms with Gasteiger partial charge in [-0.25, -0.2) is 4.98 Å². The second kappa shape index (κ2) is 5.77. The highest BCUT2D eigenvalue weighted by Crippen LogP contribution is 2.32. The van der Waals surface area contributed by atoms with Crippen molar-refractivity contribution in [1.82, 2.24) is 25.3 Å². The molecular weight excluding hydrogens is 298 g/mol. The number of rotatable bonds is 5. The van der Waals surface area contributed by atoms with Crippen LogP contribution in [0.1, 0.15) is 59.9 Å². The molecule has 2 fully saturated rings. The fourth-order valence-corrected chi connectivity index (χ4v) is 2.88. The Morgan fingerprint density at radius 3 is 3.04 bits per heavy atom. The molecule has 0 unspecified atom stereocenters. The van der Waals surface area contributed by atoms with E-state index in [1.54, 1.807) is 6.20 Å². The van der Waals surface area contributed by atoms with Crippen LogP contribution < -0.4 is 5.32 Å². The molecule has 0 radical (unpaired) electrons. The average molecular weight is 317 g/mol. The molecule has 8 heteroatoms. The Balaban J connectivity index is 1.45. The van der Waals surface area contributed by atoms with Gasteiger partial charge in [-0.05, 0) is 39.2 Å². The molecule has 1 saturated carbocycles. The molecule has 1 aliphatic carbocycles. The van der Waals surface area contributed by atoms with Crippen molar-refractivity contribution in [3.63, 3.8) is 0 Å². The summed E-state index contributed by atoms with van der Waals surface area (Å²) in [5, 5.41) is 6.69. The van der Waals surface area contributed by atoms with Gasteiger partial charge in [0.15, 0.2) is 0 Å². The van der Waals surface area contributed by atoms with Gasteiger partial charge in [0.1, 0.15) is 5.76 Å². The number of oxazole rings is 1. The summed E-state index contributed by atoms with van der Waals surface area (Å²) in [6.45, 7) is 3.39. The molecule has 1 atom stereocenters. The van der Waals surface area contributed by atoms with Crippen molar-refractivity contribution in [1.29, 1.82) is 0 Å². The van der Waals surface area contributed by atoms with E-state index >= 15 is 0 Å². The molecule has 0 bridgehead atoms. The van der Waals surface area contributed by atoms with E-state index < -0.39 is 0 Å². The topological polar surface area (TPSA) is 97.3 Å². The smallest absolute Gasteiger partial charge is 0.292 e. The van der Waals surface area contributed by atoms with E-state index in [1.807, 2.05) is 6.92 Å².